The monoisotopic (exact) mass is 460 g/mol. The Morgan fingerprint density at radius 2 is 1.88 bits per heavy atom. The molecule has 0 aliphatic heterocycles. The van der Waals surface area contributed by atoms with Gasteiger partial charge in [0.25, 0.3) is 11.6 Å². The highest BCUT2D eigenvalue weighted by molar-refractivity contribution is 14.1. The molecule has 124 valence electrons. The molecule has 1 N–H and O–H groups in total. The van der Waals surface area contributed by atoms with E-state index in [-0.39, 0.29) is 16.4 Å². The number of nitrogens with zero attached hydrogens (tertiary/aromatic N) is 1. The summed E-state index contributed by atoms with van der Waals surface area (Å²) in [4.78, 5) is 33.9. The van der Waals surface area contributed by atoms with Gasteiger partial charge in [0.1, 0.15) is 5.69 Å². The number of nitro benzene ring substituents is 1. The van der Waals surface area contributed by atoms with E-state index in [2.05, 4.69) is 27.9 Å². The van der Waals surface area contributed by atoms with Crippen molar-refractivity contribution in [2.24, 2.45) is 0 Å². The summed E-state index contributed by atoms with van der Waals surface area (Å²) in [7, 11) is 0. The second-order valence-electron chi connectivity index (χ2n) is 4.55. The fourth-order valence-corrected chi connectivity index (χ4v) is 2.29. The smallest absolute Gasteiger partial charge is 0.338 e. The van der Waals surface area contributed by atoms with Crippen molar-refractivity contribution in [3.8, 4) is 0 Å². The number of hydrogen-bond donors (Lipinski definition) is 1. The van der Waals surface area contributed by atoms with Crippen LogP contribution in [0.2, 0.25) is 5.02 Å². The van der Waals surface area contributed by atoms with Crippen molar-refractivity contribution < 1.29 is 19.2 Å². The van der Waals surface area contributed by atoms with Gasteiger partial charge in [-0.25, -0.2) is 4.79 Å². The summed E-state index contributed by atoms with van der Waals surface area (Å²) in [6.45, 7) is -0.575. The zero-order valence-corrected chi connectivity index (χ0v) is 14.9. The first-order valence-electron chi connectivity index (χ1n) is 6.53. The fourth-order valence-electron chi connectivity index (χ4n) is 1.75. The Bertz CT molecular complexity index is 795. The normalized spacial score (nSPS) is 10.1. The van der Waals surface area contributed by atoms with Crippen molar-refractivity contribution in [3.05, 3.63) is 66.7 Å². The third kappa shape index (κ3) is 4.90. The number of carbonyl (C=O) groups is 2. The molecule has 0 aromatic heterocycles. The third-order valence-corrected chi connectivity index (χ3v) is 3.80. The van der Waals surface area contributed by atoms with Crippen molar-refractivity contribution in [3.63, 3.8) is 0 Å². The van der Waals surface area contributed by atoms with Crippen LogP contribution in [0.4, 0.5) is 11.4 Å². The van der Waals surface area contributed by atoms with E-state index in [4.69, 9.17) is 16.3 Å². The first-order chi connectivity index (χ1) is 11.4. The number of ether oxygens (including phenoxy) is 1. The number of esters is 1. The largest absolute Gasteiger partial charge is 0.452 e. The van der Waals surface area contributed by atoms with Crippen LogP contribution < -0.4 is 5.32 Å². The molecule has 7 nitrogen and oxygen atoms in total. The van der Waals surface area contributed by atoms with Gasteiger partial charge in [0.15, 0.2) is 6.61 Å². The zero-order valence-electron chi connectivity index (χ0n) is 12.0. The van der Waals surface area contributed by atoms with E-state index in [1.807, 2.05) is 0 Å². The molecule has 0 atom stereocenters. The molecule has 2 rings (SSSR count). The van der Waals surface area contributed by atoms with Gasteiger partial charge >= 0.3 is 5.97 Å². The average molecular weight is 461 g/mol. The van der Waals surface area contributed by atoms with Crippen LogP contribution in [0.25, 0.3) is 0 Å². The van der Waals surface area contributed by atoms with E-state index in [1.165, 1.54) is 18.2 Å². The molecule has 0 heterocycles. The number of hydrogen-bond acceptors (Lipinski definition) is 5. The molecular formula is C15H10ClIN2O5. The Labute approximate surface area is 155 Å². The Morgan fingerprint density at radius 1 is 1.21 bits per heavy atom. The zero-order chi connectivity index (χ0) is 17.7. The predicted molar refractivity (Wildman–Crippen MR) is 96.2 cm³/mol. The fraction of sp³-hybridized carbons (Fsp3) is 0.0667. The highest BCUT2D eigenvalue weighted by atomic mass is 127. The van der Waals surface area contributed by atoms with Crippen LogP contribution in [-0.2, 0) is 9.53 Å². The molecule has 2 aromatic carbocycles. The second-order valence-corrected chi connectivity index (χ2v) is 6.23. The highest BCUT2D eigenvalue weighted by Gasteiger charge is 2.17. The molecular weight excluding hydrogens is 451 g/mol. The SMILES string of the molecule is O=C(COC(=O)c1ccc(I)cc1)Nc1cc(Cl)ccc1[N+](=O)[O-]. The Morgan fingerprint density at radius 3 is 2.50 bits per heavy atom. The maximum Gasteiger partial charge on any atom is 0.338 e. The minimum Gasteiger partial charge on any atom is -0.452 e. The summed E-state index contributed by atoms with van der Waals surface area (Å²) in [5.74, 6) is -1.37. The summed E-state index contributed by atoms with van der Waals surface area (Å²) in [5, 5.41) is 13.5. The topological polar surface area (TPSA) is 98.5 Å². The maximum absolute atomic E-state index is 11.8. The van der Waals surface area contributed by atoms with Gasteiger partial charge in [-0.05, 0) is 59.0 Å². The first kappa shape index (κ1) is 18.1. The summed E-state index contributed by atoms with van der Waals surface area (Å²) in [5.41, 5.74) is -0.0727. The second kappa shape index (κ2) is 8.06. The Kier molecular flexibility index (Phi) is 6.10. The lowest BCUT2D eigenvalue weighted by atomic mass is 10.2. The number of benzene rings is 2. The van der Waals surface area contributed by atoms with E-state index < -0.39 is 23.4 Å². The van der Waals surface area contributed by atoms with Gasteiger partial charge in [-0.15, -0.1) is 0 Å². The highest BCUT2D eigenvalue weighted by Crippen LogP contribution is 2.27. The van der Waals surface area contributed by atoms with Crippen LogP contribution in [0, 0.1) is 13.7 Å². The molecule has 0 saturated carbocycles. The van der Waals surface area contributed by atoms with Gasteiger partial charge in [-0.1, -0.05) is 11.6 Å². The van der Waals surface area contributed by atoms with Crippen LogP contribution in [0.1, 0.15) is 10.4 Å². The summed E-state index contributed by atoms with van der Waals surface area (Å²) in [6, 6.07) is 10.4. The van der Waals surface area contributed by atoms with E-state index in [9.17, 15) is 19.7 Å². The van der Waals surface area contributed by atoms with Crippen molar-refractivity contribution in [1.82, 2.24) is 0 Å². The van der Waals surface area contributed by atoms with E-state index in [0.717, 1.165) is 3.57 Å². The number of amides is 1. The number of anilines is 1. The number of nitrogens with one attached hydrogen (secondary N) is 1. The molecule has 0 unspecified atom stereocenters. The summed E-state index contributed by atoms with van der Waals surface area (Å²) < 4.78 is 5.83. The number of rotatable bonds is 5. The number of halogens is 2. The molecule has 2 aromatic rings. The lowest BCUT2D eigenvalue weighted by Gasteiger charge is -2.07. The summed E-state index contributed by atoms with van der Waals surface area (Å²) >= 11 is 7.86. The molecule has 0 bridgehead atoms. The average Bonchev–Trinajstić information content (AvgIpc) is 2.53. The van der Waals surface area contributed by atoms with Crippen molar-refractivity contribution >= 4 is 57.4 Å². The molecule has 0 fully saturated rings. The van der Waals surface area contributed by atoms with E-state index in [0.29, 0.717) is 5.56 Å². The number of nitro groups is 1. The molecule has 9 heteroatoms. The van der Waals surface area contributed by atoms with E-state index >= 15 is 0 Å². The van der Waals surface area contributed by atoms with Gasteiger partial charge in [-0.3, -0.25) is 14.9 Å². The van der Waals surface area contributed by atoms with Crippen LogP contribution in [0.15, 0.2) is 42.5 Å². The number of carbonyl (C=O) groups excluding carboxylic acids is 2. The molecule has 0 saturated heterocycles. The Balaban J connectivity index is 1.99. The van der Waals surface area contributed by atoms with Crippen molar-refractivity contribution in [2.75, 3.05) is 11.9 Å². The van der Waals surface area contributed by atoms with Crippen molar-refractivity contribution in [2.45, 2.75) is 0 Å². The quantitative estimate of drug-likeness (QED) is 0.318. The maximum atomic E-state index is 11.8. The van der Waals surface area contributed by atoms with E-state index in [1.54, 1.807) is 24.3 Å². The van der Waals surface area contributed by atoms with Gasteiger partial charge < -0.3 is 10.1 Å². The van der Waals surface area contributed by atoms with Crippen LogP contribution in [0.3, 0.4) is 0 Å². The van der Waals surface area contributed by atoms with Gasteiger partial charge in [0.05, 0.1) is 10.5 Å². The molecule has 0 radical (unpaired) electrons. The summed E-state index contributed by atoms with van der Waals surface area (Å²) in [6.07, 6.45) is 0. The molecule has 24 heavy (non-hydrogen) atoms. The standard InChI is InChI=1S/C15H10ClIN2O5/c16-10-3-6-13(19(22)23)12(7-10)18-14(20)8-24-15(21)9-1-4-11(17)5-2-9/h1-7H,8H2,(H,18,20). The molecule has 0 aliphatic carbocycles. The molecule has 0 spiro atoms. The van der Waals surface area contributed by atoms with Gasteiger partial charge in [0, 0.05) is 14.7 Å². The van der Waals surface area contributed by atoms with Crippen LogP contribution >= 0.6 is 34.2 Å². The lowest BCUT2D eigenvalue weighted by Crippen LogP contribution is -2.21. The first-order valence-corrected chi connectivity index (χ1v) is 7.99. The van der Waals surface area contributed by atoms with Crippen LogP contribution in [-0.4, -0.2) is 23.4 Å². The van der Waals surface area contributed by atoms with Gasteiger partial charge in [-0.2, -0.15) is 0 Å². The molecule has 1 amide bonds. The third-order valence-electron chi connectivity index (χ3n) is 2.84. The van der Waals surface area contributed by atoms with Gasteiger partial charge in [0.2, 0.25) is 0 Å². The predicted octanol–water partition coefficient (Wildman–Crippen LogP) is 3.65. The van der Waals surface area contributed by atoms with Crippen molar-refractivity contribution in [1.29, 1.82) is 0 Å². The Hall–Kier alpha value is -2.20. The molecule has 0 aliphatic rings. The minimum absolute atomic E-state index is 0.0668. The van der Waals surface area contributed by atoms with Crippen LogP contribution in [0.5, 0.6) is 0 Å². The lowest BCUT2D eigenvalue weighted by molar-refractivity contribution is -0.383. The minimum atomic E-state index is -0.709.